The summed E-state index contributed by atoms with van der Waals surface area (Å²) in [5.74, 6) is 1.43. The van der Waals surface area contributed by atoms with Crippen LogP contribution in [0.2, 0.25) is 5.02 Å². The molecule has 2 heterocycles. The maximum Gasteiger partial charge on any atom is 0.324 e. The van der Waals surface area contributed by atoms with Gasteiger partial charge in [0.2, 0.25) is 0 Å². The Morgan fingerprint density at radius 2 is 1.75 bits per heavy atom. The maximum atomic E-state index is 12.9. The normalized spacial score (nSPS) is 10.7. The minimum atomic E-state index is -0.462. The Morgan fingerprint density at radius 1 is 0.975 bits per heavy atom. The Balaban J connectivity index is 1.44. The Labute approximate surface area is 237 Å². The molecule has 11 heteroatoms. The standard InChI is InChI=1S/C29H31ClN6O4/c1-4-5-6-20-15-27(36(35-20)21-9-7-19(2)8-10-21)34-29(38)32-25-12-11-22(16-24(25)30)40-23-13-14-31-26(17-23)33-28(37)18-39-3/h7-17H,4-6,18H2,1-3H3,(H,31,33,37)(H2,32,34,38). The van der Waals surface area contributed by atoms with E-state index in [2.05, 4.69) is 27.9 Å². The topological polar surface area (TPSA) is 119 Å². The van der Waals surface area contributed by atoms with Crippen molar-refractivity contribution in [2.24, 2.45) is 0 Å². The van der Waals surface area contributed by atoms with Gasteiger partial charge < -0.3 is 20.1 Å². The van der Waals surface area contributed by atoms with E-state index in [1.54, 1.807) is 35.0 Å². The molecule has 0 fully saturated rings. The van der Waals surface area contributed by atoms with Gasteiger partial charge in [-0.3, -0.25) is 10.1 Å². The van der Waals surface area contributed by atoms with E-state index in [1.165, 1.54) is 13.3 Å². The third-order valence-electron chi connectivity index (χ3n) is 5.77. The predicted molar refractivity (Wildman–Crippen MR) is 156 cm³/mol. The summed E-state index contributed by atoms with van der Waals surface area (Å²) in [7, 11) is 1.43. The lowest BCUT2D eigenvalue weighted by molar-refractivity contribution is -0.119. The van der Waals surface area contributed by atoms with Crippen LogP contribution in [0.15, 0.2) is 66.9 Å². The highest BCUT2D eigenvalue weighted by atomic mass is 35.5. The van der Waals surface area contributed by atoms with E-state index in [9.17, 15) is 9.59 Å². The van der Waals surface area contributed by atoms with Crippen LogP contribution in [-0.2, 0) is 16.0 Å². The molecule has 0 spiro atoms. The van der Waals surface area contributed by atoms with Gasteiger partial charge in [-0.25, -0.2) is 14.5 Å². The molecule has 2 aromatic heterocycles. The molecular weight excluding hydrogens is 532 g/mol. The van der Waals surface area contributed by atoms with Gasteiger partial charge in [0.1, 0.15) is 29.7 Å². The minimum Gasteiger partial charge on any atom is -0.457 e. The largest absolute Gasteiger partial charge is 0.457 e. The van der Waals surface area contributed by atoms with Crippen LogP contribution >= 0.6 is 11.6 Å². The van der Waals surface area contributed by atoms with Crippen LogP contribution in [0.3, 0.4) is 0 Å². The lowest BCUT2D eigenvalue weighted by atomic mass is 10.2. The van der Waals surface area contributed by atoms with Gasteiger partial charge in [0.25, 0.3) is 5.91 Å². The fraction of sp³-hybridized carbons (Fsp3) is 0.241. The van der Waals surface area contributed by atoms with E-state index in [4.69, 9.17) is 26.2 Å². The first-order valence-electron chi connectivity index (χ1n) is 12.8. The Hall–Kier alpha value is -4.41. The molecule has 0 saturated carbocycles. The van der Waals surface area contributed by atoms with Gasteiger partial charge in [-0.2, -0.15) is 5.10 Å². The lowest BCUT2D eigenvalue weighted by Crippen LogP contribution is -2.21. The van der Waals surface area contributed by atoms with Crippen LogP contribution in [0.1, 0.15) is 31.0 Å². The first-order valence-corrected chi connectivity index (χ1v) is 13.2. The number of unbranched alkanes of at least 4 members (excludes halogenated alkanes) is 1. The zero-order valence-electron chi connectivity index (χ0n) is 22.5. The third-order valence-corrected chi connectivity index (χ3v) is 6.08. The van der Waals surface area contributed by atoms with Crippen molar-refractivity contribution in [3.63, 3.8) is 0 Å². The van der Waals surface area contributed by atoms with Crippen LogP contribution in [0.5, 0.6) is 11.5 Å². The van der Waals surface area contributed by atoms with Crippen LogP contribution < -0.4 is 20.7 Å². The molecule has 0 aliphatic carbocycles. The maximum absolute atomic E-state index is 12.9. The van der Waals surface area contributed by atoms with Crippen LogP contribution in [0, 0.1) is 6.92 Å². The minimum absolute atomic E-state index is 0.0846. The number of methoxy groups -OCH3 is 1. The monoisotopic (exact) mass is 562 g/mol. The summed E-state index contributed by atoms with van der Waals surface area (Å²) in [4.78, 5) is 28.8. The Kier molecular flexibility index (Phi) is 9.71. The third kappa shape index (κ3) is 7.81. The van der Waals surface area contributed by atoms with Crippen molar-refractivity contribution < 1.29 is 19.1 Å². The summed E-state index contributed by atoms with van der Waals surface area (Å²) in [5.41, 5.74) is 3.28. The molecule has 0 aliphatic rings. The van der Waals surface area contributed by atoms with Gasteiger partial charge in [-0.1, -0.05) is 42.6 Å². The number of urea groups is 1. The van der Waals surface area contributed by atoms with Gasteiger partial charge in [-0.05, 0) is 50.1 Å². The first kappa shape index (κ1) is 28.6. The lowest BCUT2D eigenvalue weighted by Gasteiger charge is -2.12. The number of nitrogens with one attached hydrogen (secondary N) is 3. The van der Waals surface area contributed by atoms with Crippen LogP contribution in [-0.4, -0.2) is 40.4 Å². The Morgan fingerprint density at radius 3 is 2.48 bits per heavy atom. The van der Waals surface area contributed by atoms with Gasteiger partial charge in [0.15, 0.2) is 0 Å². The molecule has 0 saturated heterocycles. The highest BCUT2D eigenvalue weighted by molar-refractivity contribution is 6.34. The van der Waals surface area contributed by atoms with E-state index in [0.717, 1.165) is 36.2 Å². The van der Waals surface area contributed by atoms with Crippen molar-refractivity contribution in [3.05, 3.63) is 83.1 Å². The quantitative estimate of drug-likeness (QED) is 0.190. The first-order chi connectivity index (χ1) is 19.3. The number of nitrogens with zero attached hydrogens (tertiary/aromatic N) is 3. The smallest absolute Gasteiger partial charge is 0.324 e. The molecule has 10 nitrogen and oxygen atoms in total. The van der Waals surface area contributed by atoms with Crippen LogP contribution in [0.4, 0.5) is 22.1 Å². The highest BCUT2D eigenvalue weighted by Crippen LogP contribution is 2.30. The zero-order chi connectivity index (χ0) is 28.5. The number of carbonyl (C=O) groups is 2. The second kappa shape index (κ2) is 13.6. The molecular formula is C29H31ClN6O4. The van der Waals surface area contributed by atoms with E-state index in [0.29, 0.717) is 28.8 Å². The van der Waals surface area contributed by atoms with Gasteiger partial charge in [-0.15, -0.1) is 0 Å². The molecule has 4 aromatic rings. The number of benzene rings is 2. The second-order valence-corrected chi connectivity index (χ2v) is 9.46. The number of pyridine rings is 1. The van der Waals surface area contributed by atoms with E-state index >= 15 is 0 Å². The van der Waals surface area contributed by atoms with Crippen molar-refractivity contribution in [3.8, 4) is 17.2 Å². The number of aromatic nitrogens is 3. The molecule has 0 unspecified atom stereocenters. The fourth-order valence-corrected chi connectivity index (χ4v) is 4.02. The zero-order valence-corrected chi connectivity index (χ0v) is 23.3. The van der Waals surface area contributed by atoms with Crippen LogP contribution in [0.25, 0.3) is 5.69 Å². The van der Waals surface area contributed by atoms with E-state index < -0.39 is 6.03 Å². The SMILES string of the molecule is CCCCc1cc(NC(=O)Nc2ccc(Oc3ccnc(NC(=O)COC)c3)cc2Cl)n(-c2ccc(C)cc2)n1. The number of hydrogen-bond donors (Lipinski definition) is 3. The van der Waals surface area contributed by atoms with Crippen molar-refractivity contribution in [2.45, 2.75) is 33.1 Å². The summed E-state index contributed by atoms with van der Waals surface area (Å²) in [6.45, 7) is 4.06. The van der Waals surface area contributed by atoms with Crippen molar-refractivity contribution in [2.75, 3.05) is 29.7 Å². The number of ether oxygens (including phenoxy) is 2. The molecule has 3 N–H and O–H groups in total. The van der Waals surface area contributed by atoms with E-state index in [-0.39, 0.29) is 17.5 Å². The molecule has 0 radical (unpaired) electrons. The van der Waals surface area contributed by atoms with Crippen molar-refractivity contribution in [1.29, 1.82) is 0 Å². The van der Waals surface area contributed by atoms with Crippen molar-refractivity contribution >= 4 is 40.9 Å². The number of amides is 3. The highest BCUT2D eigenvalue weighted by Gasteiger charge is 2.14. The van der Waals surface area contributed by atoms with Gasteiger partial charge in [0.05, 0.1) is 22.1 Å². The molecule has 4 rings (SSSR count). The molecule has 0 bridgehead atoms. The molecule has 208 valence electrons. The predicted octanol–water partition coefficient (Wildman–Crippen LogP) is 6.59. The average Bonchev–Trinajstić information content (AvgIpc) is 3.32. The summed E-state index contributed by atoms with van der Waals surface area (Å²) >= 11 is 6.46. The summed E-state index contributed by atoms with van der Waals surface area (Å²) in [6, 6.07) is 17.5. The summed E-state index contributed by atoms with van der Waals surface area (Å²) in [6.07, 6.45) is 4.38. The molecule has 0 atom stereocenters. The number of halogens is 1. The van der Waals surface area contributed by atoms with E-state index in [1.807, 2.05) is 37.3 Å². The second-order valence-electron chi connectivity index (χ2n) is 9.05. The summed E-state index contributed by atoms with van der Waals surface area (Å²) < 4.78 is 12.4. The van der Waals surface area contributed by atoms with Gasteiger partial charge >= 0.3 is 6.03 Å². The number of anilines is 3. The number of hydrogen-bond acceptors (Lipinski definition) is 6. The summed E-state index contributed by atoms with van der Waals surface area (Å²) in [5, 5.41) is 13.3. The number of aryl methyl sites for hydroxylation is 2. The van der Waals surface area contributed by atoms with Crippen molar-refractivity contribution in [1.82, 2.24) is 14.8 Å². The molecule has 40 heavy (non-hydrogen) atoms. The van der Waals surface area contributed by atoms with Gasteiger partial charge in [0, 0.05) is 31.5 Å². The Bertz CT molecular complexity index is 1470. The fourth-order valence-electron chi connectivity index (χ4n) is 3.80. The molecule has 3 amide bonds. The molecule has 0 aliphatic heterocycles. The number of carbonyl (C=O) groups excluding carboxylic acids is 2. The average molecular weight is 563 g/mol. The molecule has 2 aromatic carbocycles. The number of rotatable bonds is 11.